The first-order valence-electron chi connectivity index (χ1n) is 13.4. The fraction of sp³-hybridized carbons (Fsp3) is 0.533. The average molecular weight is 491 g/mol. The maximum absolute atomic E-state index is 12.8. The first-order chi connectivity index (χ1) is 17.2. The number of H-pyrrole nitrogens is 1. The number of likely N-dealkylation sites (tertiary alicyclic amines) is 1. The van der Waals surface area contributed by atoms with E-state index in [1.54, 1.807) is 4.90 Å². The lowest BCUT2D eigenvalue weighted by atomic mass is 9.87. The van der Waals surface area contributed by atoms with Gasteiger partial charge in [-0.2, -0.15) is 0 Å². The van der Waals surface area contributed by atoms with Crippen molar-refractivity contribution in [2.24, 2.45) is 0 Å². The first-order valence-corrected chi connectivity index (χ1v) is 13.4. The van der Waals surface area contributed by atoms with Crippen molar-refractivity contribution in [2.45, 2.75) is 72.3 Å². The van der Waals surface area contributed by atoms with E-state index in [2.05, 4.69) is 72.9 Å². The molecule has 6 nitrogen and oxygen atoms in total. The van der Waals surface area contributed by atoms with Crippen LogP contribution in [0.25, 0.3) is 22.2 Å². The molecule has 1 amide bonds. The number of nitrogens with zero attached hydrogens (tertiary/aromatic N) is 3. The molecular formula is C30H42N4O2. The van der Waals surface area contributed by atoms with Crippen LogP contribution >= 0.6 is 0 Å². The lowest BCUT2D eigenvalue weighted by Crippen LogP contribution is -2.46. The van der Waals surface area contributed by atoms with Gasteiger partial charge in [0.25, 0.3) is 0 Å². The number of hydrogen-bond acceptors (Lipinski definition) is 4. The van der Waals surface area contributed by atoms with E-state index in [1.165, 1.54) is 33.3 Å². The van der Waals surface area contributed by atoms with Crippen molar-refractivity contribution in [2.75, 3.05) is 32.8 Å². The molecule has 0 atom stereocenters. The Bertz CT molecular complexity index is 1180. The van der Waals surface area contributed by atoms with E-state index in [4.69, 9.17) is 0 Å². The number of pyridine rings is 1. The number of aromatic nitrogens is 2. The third kappa shape index (κ3) is 5.65. The largest absolute Gasteiger partial charge is 0.395 e. The van der Waals surface area contributed by atoms with E-state index in [0.717, 1.165) is 37.3 Å². The quantitative estimate of drug-likeness (QED) is 0.445. The van der Waals surface area contributed by atoms with Crippen molar-refractivity contribution < 1.29 is 9.90 Å². The predicted molar refractivity (Wildman–Crippen MR) is 147 cm³/mol. The van der Waals surface area contributed by atoms with Crippen LogP contribution in [0.1, 0.15) is 74.9 Å². The number of amides is 1. The van der Waals surface area contributed by atoms with Crippen molar-refractivity contribution in [3.63, 3.8) is 0 Å². The van der Waals surface area contributed by atoms with E-state index in [1.807, 2.05) is 13.8 Å². The number of aliphatic hydroxyl groups excluding tert-OH is 1. The van der Waals surface area contributed by atoms with Gasteiger partial charge < -0.3 is 15.0 Å². The Balaban J connectivity index is 1.52. The number of hydrogen-bond donors (Lipinski definition) is 2. The van der Waals surface area contributed by atoms with Crippen molar-refractivity contribution >= 4 is 16.8 Å². The van der Waals surface area contributed by atoms with Crippen LogP contribution in [-0.2, 0) is 4.79 Å². The van der Waals surface area contributed by atoms with E-state index in [-0.39, 0.29) is 18.6 Å². The molecule has 194 valence electrons. The molecule has 2 N–H and O–H groups in total. The molecule has 1 saturated heterocycles. The molecule has 0 saturated carbocycles. The second-order valence-corrected chi connectivity index (χ2v) is 11.0. The van der Waals surface area contributed by atoms with Gasteiger partial charge >= 0.3 is 0 Å². The van der Waals surface area contributed by atoms with Crippen LogP contribution in [0.15, 0.2) is 30.3 Å². The standard InChI is InChI=1S/C30H42N4O2/c1-19(2)29-26-17-24(7-8-27(26)32-30(29)25-15-21(5)31-22(6)16-25)23-9-11-33(12-10-23)18-28(36)34(13-14-35)20(3)4/h7-8,15-17,19-20,23,32,35H,9-14,18H2,1-6H3. The van der Waals surface area contributed by atoms with Gasteiger partial charge in [0.05, 0.1) is 18.8 Å². The van der Waals surface area contributed by atoms with Gasteiger partial charge in [0.1, 0.15) is 0 Å². The maximum Gasteiger partial charge on any atom is 0.237 e. The summed E-state index contributed by atoms with van der Waals surface area (Å²) < 4.78 is 0. The van der Waals surface area contributed by atoms with Crippen molar-refractivity contribution in [3.05, 3.63) is 52.8 Å². The summed E-state index contributed by atoms with van der Waals surface area (Å²) in [5, 5.41) is 10.6. The van der Waals surface area contributed by atoms with Crippen LogP contribution in [0.3, 0.4) is 0 Å². The second kappa shape index (κ2) is 11.1. The summed E-state index contributed by atoms with van der Waals surface area (Å²) in [7, 11) is 0. The maximum atomic E-state index is 12.8. The number of aryl methyl sites for hydroxylation is 2. The Morgan fingerprint density at radius 3 is 2.36 bits per heavy atom. The molecule has 4 rings (SSSR count). The number of fused-ring (bicyclic) bond motifs is 1. The lowest BCUT2D eigenvalue weighted by Gasteiger charge is -2.34. The highest BCUT2D eigenvalue weighted by atomic mass is 16.3. The molecule has 1 aliphatic rings. The molecule has 36 heavy (non-hydrogen) atoms. The Hall–Kier alpha value is -2.70. The number of carbonyl (C=O) groups is 1. The van der Waals surface area contributed by atoms with Crippen molar-refractivity contribution in [3.8, 4) is 11.3 Å². The monoisotopic (exact) mass is 490 g/mol. The van der Waals surface area contributed by atoms with Crippen molar-refractivity contribution in [1.82, 2.24) is 19.8 Å². The van der Waals surface area contributed by atoms with Gasteiger partial charge in [-0.1, -0.05) is 19.9 Å². The van der Waals surface area contributed by atoms with Gasteiger partial charge in [0, 0.05) is 40.4 Å². The second-order valence-electron chi connectivity index (χ2n) is 11.0. The average Bonchev–Trinajstić information content (AvgIpc) is 3.21. The summed E-state index contributed by atoms with van der Waals surface area (Å²) in [4.78, 5) is 25.1. The summed E-state index contributed by atoms with van der Waals surface area (Å²) in [5.74, 6) is 1.01. The summed E-state index contributed by atoms with van der Waals surface area (Å²) in [5.41, 5.74) is 8.44. The van der Waals surface area contributed by atoms with Crippen LogP contribution in [0.2, 0.25) is 0 Å². The number of benzene rings is 1. The molecule has 0 spiro atoms. The first kappa shape index (κ1) is 26.4. The normalized spacial score (nSPS) is 15.4. The summed E-state index contributed by atoms with van der Waals surface area (Å²) in [6, 6.07) is 11.4. The molecule has 2 aromatic heterocycles. The topological polar surface area (TPSA) is 72.5 Å². The molecule has 1 aromatic carbocycles. The fourth-order valence-electron chi connectivity index (χ4n) is 5.78. The zero-order valence-corrected chi connectivity index (χ0v) is 22.8. The molecule has 3 heterocycles. The molecule has 3 aromatic rings. The SMILES string of the molecule is Cc1cc(-c2[nH]c3ccc(C4CCN(CC(=O)N(CCO)C(C)C)CC4)cc3c2C(C)C)cc(C)n1. The highest BCUT2D eigenvalue weighted by molar-refractivity contribution is 5.92. The van der Waals surface area contributed by atoms with E-state index < -0.39 is 0 Å². The Morgan fingerprint density at radius 2 is 1.78 bits per heavy atom. The minimum absolute atomic E-state index is 0.00802. The van der Waals surface area contributed by atoms with Crippen LogP contribution in [-0.4, -0.2) is 69.6 Å². The van der Waals surface area contributed by atoms with Gasteiger partial charge in [-0.05, 0) is 101 Å². The van der Waals surface area contributed by atoms with E-state index >= 15 is 0 Å². The Kier molecular flexibility index (Phi) is 8.16. The Morgan fingerprint density at radius 1 is 1.11 bits per heavy atom. The highest BCUT2D eigenvalue weighted by Crippen LogP contribution is 2.38. The number of rotatable bonds is 8. The summed E-state index contributed by atoms with van der Waals surface area (Å²) >= 11 is 0. The molecular weight excluding hydrogens is 448 g/mol. The molecule has 0 radical (unpaired) electrons. The van der Waals surface area contributed by atoms with Crippen molar-refractivity contribution in [1.29, 1.82) is 0 Å². The molecule has 1 aliphatic heterocycles. The van der Waals surface area contributed by atoms with Gasteiger partial charge in [0.2, 0.25) is 5.91 Å². The third-order valence-corrected chi connectivity index (χ3v) is 7.51. The minimum atomic E-state index is 0.00802. The zero-order chi connectivity index (χ0) is 26.0. The van der Waals surface area contributed by atoms with Crippen LogP contribution in [0.5, 0.6) is 0 Å². The third-order valence-electron chi connectivity index (χ3n) is 7.51. The molecule has 6 heteroatoms. The van der Waals surface area contributed by atoms with Crippen LogP contribution in [0.4, 0.5) is 0 Å². The smallest absolute Gasteiger partial charge is 0.237 e. The summed E-state index contributed by atoms with van der Waals surface area (Å²) in [6.07, 6.45) is 2.11. The van der Waals surface area contributed by atoms with Gasteiger partial charge in [-0.3, -0.25) is 14.7 Å². The number of aromatic amines is 1. The van der Waals surface area contributed by atoms with Crippen LogP contribution < -0.4 is 0 Å². The molecule has 0 aliphatic carbocycles. The summed E-state index contributed by atoms with van der Waals surface area (Å²) in [6.45, 7) is 15.4. The fourth-order valence-corrected chi connectivity index (χ4v) is 5.78. The van der Waals surface area contributed by atoms with E-state index in [9.17, 15) is 9.90 Å². The van der Waals surface area contributed by atoms with E-state index in [0.29, 0.717) is 24.9 Å². The minimum Gasteiger partial charge on any atom is -0.395 e. The zero-order valence-electron chi connectivity index (χ0n) is 22.8. The number of carbonyl (C=O) groups excluding carboxylic acids is 1. The van der Waals surface area contributed by atoms with Crippen LogP contribution in [0, 0.1) is 13.8 Å². The molecule has 0 bridgehead atoms. The van der Waals surface area contributed by atoms with Gasteiger partial charge in [-0.15, -0.1) is 0 Å². The number of nitrogens with one attached hydrogen (secondary N) is 1. The van der Waals surface area contributed by atoms with Gasteiger partial charge in [-0.25, -0.2) is 0 Å². The lowest BCUT2D eigenvalue weighted by molar-refractivity contribution is -0.134. The Labute approximate surface area is 215 Å². The van der Waals surface area contributed by atoms with Gasteiger partial charge in [0.15, 0.2) is 0 Å². The number of aliphatic hydroxyl groups is 1. The predicted octanol–water partition coefficient (Wildman–Crippen LogP) is 5.38. The highest BCUT2D eigenvalue weighted by Gasteiger charge is 2.26. The molecule has 0 unspecified atom stereocenters. The number of piperidine rings is 1. The molecule has 1 fully saturated rings.